The van der Waals surface area contributed by atoms with Gasteiger partial charge >= 0.3 is 12.0 Å². The summed E-state index contributed by atoms with van der Waals surface area (Å²) in [7, 11) is 1.28. The quantitative estimate of drug-likeness (QED) is 0.177. The van der Waals surface area contributed by atoms with Crippen molar-refractivity contribution in [3.63, 3.8) is 0 Å². The molecule has 2 aromatic carbocycles. The first-order valence-electron chi connectivity index (χ1n) is 11.1. The van der Waals surface area contributed by atoms with E-state index in [1.165, 1.54) is 7.11 Å². The number of aryl methyl sites for hydroxylation is 1. The number of hydrazone groups is 1. The molecular formula is C25H30N4O6. The van der Waals surface area contributed by atoms with Crippen LogP contribution in [0.25, 0.3) is 0 Å². The number of rotatable bonds is 10. The third-order valence-corrected chi connectivity index (χ3v) is 5.29. The van der Waals surface area contributed by atoms with E-state index < -0.39 is 24.3 Å². The van der Waals surface area contributed by atoms with Crippen molar-refractivity contribution in [2.75, 3.05) is 20.3 Å². The van der Waals surface area contributed by atoms with Gasteiger partial charge in [0.25, 0.3) is 0 Å². The van der Waals surface area contributed by atoms with Crippen LogP contribution in [0.4, 0.5) is 4.79 Å². The van der Waals surface area contributed by atoms with Crippen LogP contribution in [0.15, 0.2) is 58.8 Å². The highest BCUT2D eigenvalue weighted by Crippen LogP contribution is 2.34. The van der Waals surface area contributed by atoms with Gasteiger partial charge in [0, 0.05) is 5.70 Å². The molecule has 2 aromatic rings. The summed E-state index contributed by atoms with van der Waals surface area (Å²) in [5.74, 6) is 0.230. The molecule has 0 radical (unpaired) electrons. The summed E-state index contributed by atoms with van der Waals surface area (Å²) in [6, 6.07) is 11.6. The largest absolute Gasteiger partial charge is 0.490 e. The van der Waals surface area contributed by atoms with Crippen LogP contribution in [0.2, 0.25) is 0 Å². The first-order valence-corrected chi connectivity index (χ1v) is 11.1. The maximum absolute atomic E-state index is 12.3. The number of methoxy groups -OCH3 is 1. The van der Waals surface area contributed by atoms with Crippen LogP contribution >= 0.6 is 0 Å². The second-order valence-electron chi connectivity index (χ2n) is 7.77. The minimum Gasteiger partial charge on any atom is -0.490 e. The molecule has 35 heavy (non-hydrogen) atoms. The van der Waals surface area contributed by atoms with Gasteiger partial charge in [-0.25, -0.2) is 9.59 Å². The van der Waals surface area contributed by atoms with Crippen molar-refractivity contribution in [2.45, 2.75) is 33.0 Å². The first kappa shape index (κ1) is 25.6. The monoisotopic (exact) mass is 482 g/mol. The summed E-state index contributed by atoms with van der Waals surface area (Å²) in [6.45, 7) is 5.69. The zero-order valence-electron chi connectivity index (χ0n) is 20.1. The maximum Gasteiger partial charge on any atom is 0.337 e. The number of hydrogen-bond acceptors (Lipinski definition) is 8. The SMILES string of the molecule is CCOc1cc([C@H]2NC(=O)NC(C)=C2C(=O)OC)ccc1OC[C@H](O)N/N=C\c1ccccc1C. The number of urea groups is 1. The number of allylic oxidation sites excluding steroid dienone is 1. The van der Waals surface area contributed by atoms with Crippen molar-refractivity contribution in [1.82, 2.24) is 16.1 Å². The molecule has 3 rings (SSSR count). The third kappa shape index (κ3) is 6.51. The molecule has 186 valence electrons. The van der Waals surface area contributed by atoms with Crippen LogP contribution in [0.1, 0.15) is 36.6 Å². The molecule has 10 heteroatoms. The van der Waals surface area contributed by atoms with E-state index in [1.807, 2.05) is 38.1 Å². The van der Waals surface area contributed by atoms with Crippen LogP contribution in [0.5, 0.6) is 11.5 Å². The van der Waals surface area contributed by atoms with Crippen LogP contribution in [0, 0.1) is 6.92 Å². The van der Waals surface area contributed by atoms with Crippen LogP contribution in [0.3, 0.4) is 0 Å². The van der Waals surface area contributed by atoms with E-state index in [0.29, 0.717) is 29.4 Å². The van der Waals surface area contributed by atoms with Crippen molar-refractivity contribution in [2.24, 2.45) is 5.10 Å². The smallest absolute Gasteiger partial charge is 0.337 e. The molecule has 0 saturated carbocycles. The average Bonchev–Trinajstić information content (AvgIpc) is 2.83. The number of hydrogen-bond donors (Lipinski definition) is 4. The molecular weight excluding hydrogens is 452 g/mol. The average molecular weight is 483 g/mol. The lowest BCUT2D eigenvalue weighted by molar-refractivity contribution is -0.136. The number of carbonyl (C=O) groups excluding carboxylic acids is 2. The van der Waals surface area contributed by atoms with Crippen LogP contribution in [-0.2, 0) is 9.53 Å². The Morgan fingerprint density at radius 1 is 1.20 bits per heavy atom. The Morgan fingerprint density at radius 3 is 2.69 bits per heavy atom. The number of aliphatic hydroxyl groups excluding tert-OH is 1. The number of esters is 1. The number of benzene rings is 2. The normalized spacial score (nSPS) is 16.4. The predicted octanol–water partition coefficient (Wildman–Crippen LogP) is 2.52. The van der Waals surface area contributed by atoms with E-state index in [1.54, 1.807) is 31.3 Å². The van der Waals surface area contributed by atoms with Gasteiger partial charge in [0.1, 0.15) is 6.61 Å². The Labute approximate surface area is 204 Å². The topological polar surface area (TPSA) is 131 Å². The Morgan fingerprint density at radius 2 is 1.97 bits per heavy atom. The van der Waals surface area contributed by atoms with E-state index in [0.717, 1.165) is 11.1 Å². The minimum absolute atomic E-state index is 0.0962. The van der Waals surface area contributed by atoms with Crippen LogP contribution in [-0.4, -0.2) is 49.9 Å². The number of nitrogens with zero attached hydrogens (tertiary/aromatic N) is 1. The molecule has 0 aromatic heterocycles. The van der Waals surface area contributed by atoms with Gasteiger partial charge in [-0.15, -0.1) is 0 Å². The number of nitrogens with one attached hydrogen (secondary N) is 3. The summed E-state index contributed by atoms with van der Waals surface area (Å²) in [6.07, 6.45) is 0.561. The highest BCUT2D eigenvalue weighted by molar-refractivity contribution is 5.95. The Kier molecular flexibility index (Phi) is 8.69. The molecule has 2 atom stereocenters. The number of ether oxygens (including phenoxy) is 3. The zero-order chi connectivity index (χ0) is 25.4. The molecule has 1 aliphatic rings. The number of carbonyl (C=O) groups is 2. The second-order valence-corrected chi connectivity index (χ2v) is 7.77. The lowest BCUT2D eigenvalue weighted by Crippen LogP contribution is -2.45. The van der Waals surface area contributed by atoms with Crippen molar-refractivity contribution in [1.29, 1.82) is 0 Å². The third-order valence-electron chi connectivity index (χ3n) is 5.29. The van der Waals surface area contributed by atoms with Gasteiger partial charge in [-0.05, 0) is 49.6 Å². The summed E-state index contributed by atoms with van der Waals surface area (Å²) < 4.78 is 16.3. The molecule has 0 bridgehead atoms. The lowest BCUT2D eigenvalue weighted by Gasteiger charge is -2.28. The fourth-order valence-corrected chi connectivity index (χ4v) is 3.55. The van der Waals surface area contributed by atoms with Gasteiger partial charge in [-0.3, -0.25) is 5.43 Å². The van der Waals surface area contributed by atoms with Crippen molar-refractivity contribution >= 4 is 18.2 Å². The van der Waals surface area contributed by atoms with Crippen molar-refractivity contribution in [3.05, 3.63) is 70.4 Å². The molecule has 0 aliphatic carbocycles. The molecule has 1 heterocycles. The van der Waals surface area contributed by atoms with E-state index in [9.17, 15) is 14.7 Å². The molecule has 4 N–H and O–H groups in total. The summed E-state index contributed by atoms with van der Waals surface area (Å²) in [4.78, 5) is 24.4. The Bertz CT molecular complexity index is 1130. The molecule has 10 nitrogen and oxygen atoms in total. The fraction of sp³-hybridized carbons (Fsp3) is 0.320. The Balaban J connectivity index is 1.72. The number of amides is 2. The summed E-state index contributed by atoms with van der Waals surface area (Å²) in [5.41, 5.74) is 5.92. The van der Waals surface area contributed by atoms with Gasteiger partial charge in [-0.2, -0.15) is 5.10 Å². The highest BCUT2D eigenvalue weighted by atomic mass is 16.5. The number of aliphatic hydroxyl groups is 1. The Hall–Kier alpha value is -4.05. The molecule has 0 spiro atoms. The van der Waals surface area contributed by atoms with Crippen molar-refractivity contribution in [3.8, 4) is 11.5 Å². The second kappa shape index (κ2) is 11.9. The minimum atomic E-state index is -1.07. The van der Waals surface area contributed by atoms with E-state index in [-0.39, 0.29) is 12.2 Å². The van der Waals surface area contributed by atoms with E-state index >= 15 is 0 Å². The molecule has 0 saturated heterocycles. The zero-order valence-corrected chi connectivity index (χ0v) is 20.1. The summed E-state index contributed by atoms with van der Waals surface area (Å²) >= 11 is 0. The fourth-order valence-electron chi connectivity index (χ4n) is 3.55. The molecule has 2 amide bonds. The maximum atomic E-state index is 12.3. The van der Waals surface area contributed by atoms with Gasteiger partial charge in [0.2, 0.25) is 0 Å². The van der Waals surface area contributed by atoms with Gasteiger partial charge in [0.05, 0.1) is 31.5 Å². The molecule has 1 aliphatic heterocycles. The van der Waals surface area contributed by atoms with E-state index in [2.05, 4.69) is 21.2 Å². The predicted molar refractivity (Wildman–Crippen MR) is 130 cm³/mol. The van der Waals surface area contributed by atoms with Crippen molar-refractivity contribution < 1.29 is 28.9 Å². The molecule has 0 unspecified atom stereocenters. The first-order chi connectivity index (χ1) is 16.8. The molecule has 0 fully saturated rings. The van der Waals surface area contributed by atoms with E-state index in [4.69, 9.17) is 14.2 Å². The van der Waals surface area contributed by atoms with Gasteiger partial charge in [0.15, 0.2) is 17.7 Å². The van der Waals surface area contributed by atoms with Gasteiger partial charge in [-0.1, -0.05) is 30.3 Å². The van der Waals surface area contributed by atoms with Gasteiger partial charge < -0.3 is 30.0 Å². The lowest BCUT2D eigenvalue weighted by atomic mass is 9.95. The standard InChI is InChI=1S/C25H30N4O6/c1-5-34-20-12-17(23-22(24(31)33-4)16(3)27-25(32)28-23)10-11-19(20)35-14-21(30)29-26-13-18-9-7-6-8-15(18)2/h6-13,21,23,29-30H,5,14H2,1-4H3,(H2,27,28,32)/b26-13-/t21-,23+/m0/s1. The summed E-state index contributed by atoms with van der Waals surface area (Å²) in [5, 5.41) is 19.6. The highest BCUT2D eigenvalue weighted by Gasteiger charge is 2.32. The van der Waals surface area contributed by atoms with Crippen LogP contribution < -0.4 is 25.5 Å².